The third kappa shape index (κ3) is 5.09. The van der Waals surface area contributed by atoms with Crippen molar-refractivity contribution in [2.45, 2.75) is 12.7 Å². The highest BCUT2D eigenvalue weighted by Crippen LogP contribution is 2.27. The minimum absolute atomic E-state index is 0. The molecule has 0 amide bonds. The van der Waals surface area contributed by atoms with Crippen LogP contribution in [0.3, 0.4) is 0 Å². The summed E-state index contributed by atoms with van der Waals surface area (Å²) in [6.45, 7) is 2.60. The van der Waals surface area contributed by atoms with E-state index in [-0.39, 0.29) is 17.6 Å². The standard InChI is InChI=1S/C10H13BrN2OS.ClH/c1-2-14-9-4-3-7(5-8(9)11)6-15-10(12)13;/h3-5H,2,6H2,1H3,(H3,12,13);1H. The Morgan fingerprint density at radius 1 is 1.56 bits per heavy atom. The zero-order valence-electron chi connectivity index (χ0n) is 8.83. The van der Waals surface area contributed by atoms with Gasteiger partial charge in [-0.2, -0.15) is 0 Å². The predicted octanol–water partition coefficient (Wildman–Crippen LogP) is 3.40. The number of thioether (sulfide) groups is 1. The molecule has 0 heterocycles. The highest BCUT2D eigenvalue weighted by atomic mass is 79.9. The molecule has 0 aromatic heterocycles. The van der Waals surface area contributed by atoms with Gasteiger partial charge in [0.25, 0.3) is 0 Å². The van der Waals surface area contributed by atoms with Crippen LogP contribution in [-0.4, -0.2) is 11.8 Å². The highest BCUT2D eigenvalue weighted by molar-refractivity contribution is 9.10. The first-order chi connectivity index (χ1) is 7.13. The van der Waals surface area contributed by atoms with Crippen molar-refractivity contribution in [3.63, 3.8) is 0 Å². The van der Waals surface area contributed by atoms with Crippen LogP contribution < -0.4 is 10.5 Å². The highest BCUT2D eigenvalue weighted by Gasteiger charge is 2.02. The molecule has 6 heteroatoms. The Bertz CT molecular complexity index is 363. The zero-order chi connectivity index (χ0) is 11.3. The van der Waals surface area contributed by atoms with Crippen molar-refractivity contribution in [2.75, 3.05) is 6.61 Å². The minimum Gasteiger partial charge on any atom is -0.493 e. The minimum atomic E-state index is 0. The summed E-state index contributed by atoms with van der Waals surface area (Å²) in [5.74, 6) is 1.55. The largest absolute Gasteiger partial charge is 0.493 e. The van der Waals surface area contributed by atoms with E-state index in [9.17, 15) is 0 Å². The number of halogens is 2. The zero-order valence-corrected chi connectivity index (χ0v) is 12.0. The van der Waals surface area contributed by atoms with Gasteiger partial charge in [0.05, 0.1) is 11.1 Å². The topological polar surface area (TPSA) is 59.1 Å². The molecule has 1 aromatic rings. The van der Waals surface area contributed by atoms with Gasteiger partial charge in [-0.3, -0.25) is 5.41 Å². The molecule has 0 bridgehead atoms. The maximum atomic E-state index is 7.11. The molecule has 0 aliphatic rings. The molecule has 0 saturated carbocycles. The first-order valence-electron chi connectivity index (χ1n) is 4.51. The molecule has 0 saturated heterocycles. The average Bonchev–Trinajstić information content (AvgIpc) is 2.19. The lowest BCUT2D eigenvalue weighted by molar-refractivity contribution is 0.338. The summed E-state index contributed by atoms with van der Waals surface area (Å²) in [4.78, 5) is 0. The number of ether oxygens (including phenoxy) is 1. The van der Waals surface area contributed by atoms with Gasteiger partial charge < -0.3 is 10.5 Å². The van der Waals surface area contributed by atoms with Crippen LogP contribution in [0, 0.1) is 5.41 Å². The van der Waals surface area contributed by atoms with E-state index in [4.69, 9.17) is 15.9 Å². The van der Waals surface area contributed by atoms with Gasteiger partial charge in [-0.15, -0.1) is 12.4 Å². The molecule has 0 spiro atoms. The smallest absolute Gasteiger partial charge is 0.151 e. The molecular formula is C10H14BrClN2OS. The Labute approximate surface area is 114 Å². The lowest BCUT2D eigenvalue weighted by atomic mass is 10.2. The van der Waals surface area contributed by atoms with Crippen molar-refractivity contribution >= 4 is 45.3 Å². The van der Waals surface area contributed by atoms with Gasteiger partial charge in [-0.05, 0) is 40.5 Å². The third-order valence-corrected chi connectivity index (χ3v) is 3.10. The fraction of sp³-hybridized carbons (Fsp3) is 0.300. The van der Waals surface area contributed by atoms with Crippen LogP contribution in [0.2, 0.25) is 0 Å². The summed E-state index contributed by atoms with van der Waals surface area (Å²) in [7, 11) is 0. The van der Waals surface area contributed by atoms with E-state index in [1.165, 1.54) is 11.8 Å². The SMILES string of the molecule is CCOc1ccc(CSC(=N)N)cc1Br.Cl. The molecule has 3 nitrogen and oxygen atoms in total. The van der Waals surface area contributed by atoms with Crippen LogP contribution in [-0.2, 0) is 5.75 Å². The molecule has 0 radical (unpaired) electrons. The first-order valence-corrected chi connectivity index (χ1v) is 6.29. The maximum Gasteiger partial charge on any atom is 0.151 e. The molecule has 0 atom stereocenters. The van der Waals surface area contributed by atoms with E-state index < -0.39 is 0 Å². The summed E-state index contributed by atoms with van der Waals surface area (Å²) in [6, 6.07) is 5.89. The van der Waals surface area contributed by atoms with Crippen molar-refractivity contribution < 1.29 is 4.74 Å². The van der Waals surface area contributed by atoms with Gasteiger partial charge >= 0.3 is 0 Å². The number of nitrogens with two attached hydrogens (primary N) is 1. The van der Waals surface area contributed by atoms with E-state index in [0.29, 0.717) is 12.4 Å². The Morgan fingerprint density at radius 2 is 2.25 bits per heavy atom. The fourth-order valence-corrected chi connectivity index (χ4v) is 2.11. The summed E-state index contributed by atoms with van der Waals surface area (Å²) in [5.41, 5.74) is 6.38. The molecule has 0 aliphatic heterocycles. The normalized spacial score (nSPS) is 9.38. The summed E-state index contributed by atoms with van der Waals surface area (Å²) < 4.78 is 6.33. The number of hydrogen-bond donors (Lipinski definition) is 2. The number of amidine groups is 1. The van der Waals surface area contributed by atoms with E-state index in [1.807, 2.05) is 25.1 Å². The van der Waals surface area contributed by atoms with E-state index in [0.717, 1.165) is 15.8 Å². The molecule has 90 valence electrons. The van der Waals surface area contributed by atoms with Gasteiger partial charge in [-0.25, -0.2) is 0 Å². The van der Waals surface area contributed by atoms with Gasteiger partial charge in [0, 0.05) is 5.75 Å². The molecule has 0 aliphatic carbocycles. The summed E-state index contributed by atoms with van der Waals surface area (Å²) >= 11 is 4.75. The molecule has 16 heavy (non-hydrogen) atoms. The lowest BCUT2D eigenvalue weighted by Gasteiger charge is -2.07. The van der Waals surface area contributed by atoms with Crippen LogP contribution >= 0.6 is 40.1 Å². The van der Waals surface area contributed by atoms with Crippen molar-refractivity contribution in [2.24, 2.45) is 5.73 Å². The Morgan fingerprint density at radius 3 is 2.75 bits per heavy atom. The lowest BCUT2D eigenvalue weighted by Crippen LogP contribution is -2.03. The monoisotopic (exact) mass is 324 g/mol. The Balaban J connectivity index is 0.00000225. The van der Waals surface area contributed by atoms with Crippen LogP contribution in [0.15, 0.2) is 22.7 Å². The molecule has 0 fully saturated rings. The third-order valence-electron chi connectivity index (χ3n) is 1.69. The number of rotatable bonds is 4. The van der Waals surface area contributed by atoms with E-state index in [2.05, 4.69) is 15.9 Å². The van der Waals surface area contributed by atoms with Crippen LogP contribution in [0.4, 0.5) is 0 Å². The summed E-state index contributed by atoms with van der Waals surface area (Å²) in [5, 5.41) is 7.25. The van der Waals surface area contributed by atoms with Gasteiger partial charge in [-0.1, -0.05) is 17.8 Å². The van der Waals surface area contributed by atoms with Gasteiger partial charge in [0.1, 0.15) is 5.75 Å². The second-order valence-corrected chi connectivity index (χ2v) is 4.72. The molecule has 1 rings (SSSR count). The molecule has 1 aromatic carbocycles. The molecular weight excluding hydrogens is 312 g/mol. The predicted molar refractivity (Wildman–Crippen MR) is 75.8 cm³/mol. The van der Waals surface area contributed by atoms with Gasteiger partial charge in [0.2, 0.25) is 0 Å². The quantitative estimate of drug-likeness (QED) is 0.659. The van der Waals surface area contributed by atoms with Gasteiger partial charge in [0.15, 0.2) is 5.17 Å². The number of benzene rings is 1. The van der Waals surface area contributed by atoms with Crippen molar-refractivity contribution in [3.05, 3.63) is 28.2 Å². The first kappa shape index (κ1) is 15.6. The van der Waals surface area contributed by atoms with E-state index in [1.54, 1.807) is 0 Å². The average molecular weight is 326 g/mol. The van der Waals surface area contributed by atoms with Crippen molar-refractivity contribution in [1.29, 1.82) is 5.41 Å². The number of hydrogen-bond acceptors (Lipinski definition) is 3. The number of nitrogens with one attached hydrogen (secondary N) is 1. The molecule has 0 unspecified atom stereocenters. The fourth-order valence-electron chi connectivity index (χ4n) is 1.07. The Hall–Kier alpha value is -0.390. The second kappa shape index (κ2) is 7.81. The van der Waals surface area contributed by atoms with Crippen LogP contribution in [0.1, 0.15) is 12.5 Å². The van der Waals surface area contributed by atoms with Crippen molar-refractivity contribution in [1.82, 2.24) is 0 Å². The summed E-state index contributed by atoms with van der Waals surface area (Å²) in [6.07, 6.45) is 0. The van der Waals surface area contributed by atoms with Crippen LogP contribution in [0.5, 0.6) is 5.75 Å². The van der Waals surface area contributed by atoms with E-state index >= 15 is 0 Å². The van der Waals surface area contributed by atoms with Crippen LogP contribution in [0.25, 0.3) is 0 Å². The second-order valence-electron chi connectivity index (χ2n) is 2.85. The molecule has 3 N–H and O–H groups in total. The maximum absolute atomic E-state index is 7.11. The van der Waals surface area contributed by atoms with Crippen molar-refractivity contribution in [3.8, 4) is 5.75 Å². The Kier molecular flexibility index (Phi) is 7.62.